The van der Waals surface area contributed by atoms with Gasteiger partial charge in [0.05, 0.1) is 6.04 Å². The maximum absolute atomic E-state index is 11.8. The molecular formula is C13H20N2O. The molecule has 1 rings (SSSR count). The van der Waals surface area contributed by atoms with Crippen molar-refractivity contribution in [3.8, 4) is 0 Å². The largest absolute Gasteiger partial charge is 0.355 e. The van der Waals surface area contributed by atoms with Crippen LogP contribution < -0.4 is 10.6 Å². The quantitative estimate of drug-likeness (QED) is 0.759. The highest BCUT2D eigenvalue weighted by atomic mass is 16.2. The molecule has 1 atom stereocenters. The van der Waals surface area contributed by atoms with Gasteiger partial charge in [-0.15, -0.1) is 0 Å². The van der Waals surface area contributed by atoms with Crippen LogP contribution in [-0.2, 0) is 11.2 Å². The Labute approximate surface area is 97.2 Å². The second-order valence-electron chi connectivity index (χ2n) is 3.82. The molecule has 88 valence electrons. The molecule has 0 heterocycles. The maximum atomic E-state index is 11.8. The summed E-state index contributed by atoms with van der Waals surface area (Å²) in [5.41, 5.74) is 1.17. The van der Waals surface area contributed by atoms with Crippen LogP contribution >= 0.6 is 0 Å². The van der Waals surface area contributed by atoms with Crippen molar-refractivity contribution < 1.29 is 4.79 Å². The van der Waals surface area contributed by atoms with Crippen LogP contribution in [0.15, 0.2) is 30.3 Å². The van der Waals surface area contributed by atoms with Crippen molar-refractivity contribution in [2.75, 3.05) is 13.6 Å². The Kier molecular flexibility index (Phi) is 5.57. The molecule has 0 spiro atoms. The first-order chi connectivity index (χ1) is 7.77. The minimum absolute atomic E-state index is 0.0770. The molecule has 0 saturated carbocycles. The van der Waals surface area contributed by atoms with E-state index in [1.807, 2.05) is 44.3 Å². The molecule has 3 heteroatoms. The second kappa shape index (κ2) is 7.01. The van der Waals surface area contributed by atoms with Crippen LogP contribution in [0.4, 0.5) is 0 Å². The molecule has 0 radical (unpaired) electrons. The lowest BCUT2D eigenvalue weighted by Crippen LogP contribution is -2.44. The number of carbonyl (C=O) groups is 1. The van der Waals surface area contributed by atoms with Crippen molar-refractivity contribution in [2.45, 2.75) is 25.8 Å². The molecule has 0 fully saturated rings. The first-order valence-corrected chi connectivity index (χ1v) is 5.76. The number of likely N-dealkylation sites (N-methyl/N-ethyl adjacent to an activating group) is 1. The van der Waals surface area contributed by atoms with E-state index in [-0.39, 0.29) is 11.9 Å². The normalized spacial score (nSPS) is 12.1. The van der Waals surface area contributed by atoms with Gasteiger partial charge in [-0.3, -0.25) is 4.79 Å². The van der Waals surface area contributed by atoms with Gasteiger partial charge in [0.25, 0.3) is 0 Å². The Morgan fingerprint density at radius 2 is 2.00 bits per heavy atom. The Bertz CT molecular complexity index is 311. The summed E-state index contributed by atoms with van der Waals surface area (Å²) in [5.74, 6) is 0.0770. The zero-order valence-electron chi connectivity index (χ0n) is 9.99. The molecule has 2 N–H and O–H groups in total. The lowest BCUT2D eigenvalue weighted by atomic mass is 10.1. The van der Waals surface area contributed by atoms with Gasteiger partial charge < -0.3 is 10.6 Å². The van der Waals surface area contributed by atoms with Gasteiger partial charge in [0.1, 0.15) is 0 Å². The fourth-order valence-electron chi connectivity index (χ4n) is 1.55. The SMILES string of the molecule is CCCNC(=O)C(Cc1ccccc1)NC. The van der Waals surface area contributed by atoms with Crippen LogP contribution in [0.25, 0.3) is 0 Å². The maximum Gasteiger partial charge on any atom is 0.237 e. The number of nitrogens with one attached hydrogen (secondary N) is 2. The predicted octanol–water partition coefficient (Wildman–Crippen LogP) is 1.34. The molecule has 0 saturated heterocycles. The van der Waals surface area contributed by atoms with Crippen LogP contribution in [0.5, 0.6) is 0 Å². The first kappa shape index (κ1) is 12.7. The lowest BCUT2D eigenvalue weighted by Gasteiger charge is -2.15. The van der Waals surface area contributed by atoms with Crippen LogP contribution in [0.1, 0.15) is 18.9 Å². The molecule has 3 nitrogen and oxygen atoms in total. The molecular weight excluding hydrogens is 200 g/mol. The standard InChI is InChI=1S/C13H20N2O/c1-3-9-15-13(16)12(14-2)10-11-7-5-4-6-8-11/h4-8,12,14H,3,9-10H2,1-2H3,(H,15,16). The molecule has 0 bridgehead atoms. The minimum Gasteiger partial charge on any atom is -0.355 e. The lowest BCUT2D eigenvalue weighted by molar-refractivity contribution is -0.123. The van der Waals surface area contributed by atoms with Crippen molar-refractivity contribution in [3.05, 3.63) is 35.9 Å². The van der Waals surface area contributed by atoms with Crippen LogP contribution in [-0.4, -0.2) is 25.5 Å². The number of benzene rings is 1. The van der Waals surface area contributed by atoms with E-state index in [0.29, 0.717) is 0 Å². The summed E-state index contributed by atoms with van der Waals surface area (Å²) in [5, 5.41) is 5.95. The average molecular weight is 220 g/mol. The summed E-state index contributed by atoms with van der Waals surface area (Å²) < 4.78 is 0. The number of hydrogen-bond acceptors (Lipinski definition) is 2. The van der Waals surface area contributed by atoms with E-state index in [1.54, 1.807) is 0 Å². The Morgan fingerprint density at radius 3 is 2.56 bits per heavy atom. The third-order valence-electron chi connectivity index (χ3n) is 2.50. The Balaban J connectivity index is 2.52. The Morgan fingerprint density at radius 1 is 1.31 bits per heavy atom. The van der Waals surface area contributed by atoms with Gasteiger partial charge in [0, 0.05) is 6.54 Å². The smallest absolute Gasteiger partial charge is 0.237 e. The van der Waals surface area contributed by atoms with Gasteiger partial charge >= 0.3 is 0 Å². The summed E-state index contributed by atoms with van der Waals surface area (Å²) in [4.78, 5) is 11.8. The van der Waals surface area contributed by atoms with Crippen LogP contribution in [0.2, 0.25) is 0 Å². The highest BCUT2D eigenvalue weighted by molar-refractivity contribution is 5.82. The average Bonchev–Trinajstić information content (AvgIpc) is 2.34. The predicted molar refractivity (Wildman–Crippen MR) is 66.3 cm³/mol. The number of rotatable bonds is 6. The van der Waals surface area contributed by atoms with E-state index in [1.165, 1.54) is 5.56 Å². The fourth-order valence-corrected chi connectivity index (χ4v) is 1.55. The number of carbonyl (C=O) groups excluding carboxylic acids is 1. The van der Waals surface area contributed by atoms with Gasteiger partial charge in [-0.1, -0.05) is 37.3 Å². The molecule has 1 unspecified atom stereocenters. The zero-order valence-corrected chi connectivity index (χ0v) is 9.99. The molecule has 1 amide bonds. The first-order valence-electron chi connectivity index (χ1n) is 5.76. The van der Waals surface area contributed by atoms with E-state index in [4.69, 9.17) is 0 Å². The Hall–Kier alpha value is -1.35. The van der Waals surface area contributed by atoms with Crippen molar-refractivity contribution in [3.63, 3.8) is 0 Å². The van der Waals surface area contributed by atoms with Gasteiger partial charge in [-0.05, 0) is 25.5 Å². The van der Waals surface area contributed by atoms with Crippen molar-refractivity contribution in [1.82, 2.24) is 10.6 Å². The van der Waals surface area contributed by atoms with Crippen LogP contribution in [0, 0.1) is 0 Å². The highest BCUT2D eigenvalue weighted by Gasteiger charge is 2.15. The monoisotopic (exact) mass is 220 g/mol. The van der Waals surface area contributed by atoms with Crippen molar-refractivity contribution >= 4 is 5.91 Å². The van der Waals surface area contributed by atoms with Gasteiger partial charge in [-0.25, -0.2) is 0 Å². The van der Waals surface area contributed by atoms with Gasteiger partial charge in [0.15, 0.2) is 0 Å². The second-order valence-corrected chi connectivity index (χ2v) is 3.82. The molecule has 0 aliphatic heterocycles. The summed E-state index contributed by atoms with van der Waals surface area (Å²) >= 11 is 0. The van der Waals surface area contributed by atoms with Crippen LogP contribution in [0.3, 0.4) is 0 Å². The highest BCUT2D eigenvalue weighted by Crippen LogP contribution is 2.03. The van der Waals surface area contributed by atoms with Crippen molar-refractivity contribution in [2.24, 2.45) is 0 Å². The topological polar surface area (TPSA) is 41.1 Å². The van der Waals surface area contributed by atoms with E-state index < -0.39 is 0 Å². The van der Waals surface area contributed by atoms with E-state index >= 15 is 0 Å². The molecule has 16 heavy (non-hydrogen) atoms. The molecule has 0 aromatic heterocycles. The molecule has 1 aromatic rings. The van der Waals surface area contributed by atoms with Gasteiger partial charge in [-0.2, -0.15) is 0 Å². The summed E-state index contributed by atoms with van der Waals surface area (Å²) in [6, 6.07) is 9.90. The zero-order chi connectivity index (χ0) is 11.8. The third-order valence-corrected chi connectivity index (χ3v) is 2.50. The summed E-state index contributed by atoms with van der Waals surface area (Å²) in [7, 11) is 1.82. The molecule has 0 aliphatic carbocycles. The van der Waals surface area contributed by atoms with E-state index in [0.717, 1.165) is 19.4 Å². The summed E-state index contributed by atoms with van der Waals surface area (Å²) in [6.07, 6.45) is 1.69. The van der Waals surface area contributed by atoms with Crippen molar-refractivity contribution in [1.29, 1.82) is 0 Å². The third kappa shape index (κ3) is 4.03. The van der Waals surface area contributed by atoms with E-state index in [9.17, 15) is 4.79 Å². The van der Waals surface area contributed by atoms with Gasteiger partial charge in [0.2, 0.25) is 5.91 Å². The minimum atomic E-state index is -0.144. The molecule has 0 aliphatic rings. The molecule has 1 aromatic carbocycles. The number of amides is 1. The van der Waals surface area contributed by atoms with E-state index in [2.05, 4.69) is 10.6 Å². The number of hydrogen-bond donors (Lipinski definition) is 2. The fraction of sp³-hybridized carbons (Fsp3) is 0.462. The summed E-state index contributed by atoms with van der Waals surface area (Å²) in [6.45, 7) is 2.79.